The summed E-state index contributed by atoms with van der Waals surface area (Å²) < 4.78 is 22.2. The first-order valence-corrected chi connectivity index (χ1v) is 18.2. The quantitative estimate of drug-likeness (QED) is 0.0502. The van der Waals surface area contributed by atoms with Crippen LogP contribution in [0.2, 0.25) is 10.0 Å². The van der Waals surface area contributed by atoms with Crippen molar-refractivity contribution in [1.82, 2.24) is 0 Å². The van der Waals surface area contributed by atoms with Crippen LogP contribution in [0, 0.1) is 40.5 Å². The van der Waals surface area contributed by atoms with Crippen molar-refractivity contribution in [2.24, 2.45) is 9.98 Å². The van der Waals surface area contributed by atoms with Crippen LogP contribution in [0.5, 0.6) is 34.5 Å². The second-order valence-corrected chi connectivity index (χ2v) is 13.4. The first-order valence-electron chi connectivity index (χ1n) is 17.5. The normalized spacial score (nSPS) is 11.1. The third-order valence-corrected chi connectivity index (χ3v) is 9.26. The summed E-state index contributed by atoms with van der Waals surface area (Å²) >= 11 is 13.2. The van der Waals surface area contributed by atoms with Gasteiger partial charge < -0.3 is 18.9 Å². The Morgan fingerprint density at radius 1 is 0.492 bits per heavy atom. The van der Waals surface area contributed by atoms with E-state index in [9.17, 15) is 40.5 Å². The lowest BCUT2D eigenvalue weighted by atomic mass is 10.0. The van der Waals surface area contributed by atoms with Gasteiger partial charge in [0.15, 0.2) is 23.0 Å². The summed E-state index contributed by atoms with van der Waals surface area (Å²) in [5, 5.41) is 46.0. The summed E-state index contributed by atoms with van der Waals surface area (Å²) in [5.74, 6) is 0.327. The van der Waals surface area contributed by atoms with E-state index in [4.69, 9.17) is 42.1 Å². The van der Waals surface area contributed by atoms with Crippen LogP contribution in [0.15, 0.2) is 119 Å². The van der Waals surface area contributed by atoms with E-state index in [2.05, 4.69) is 9.98 Å². The number of non-ortho nitro benzene ring substituents is 2. The van der Waals surface area contributed by atoms with Gasteiger partial charge in [0.05, 0.1) is 67.5 Å². The van der Waals surface area contributed by atoms with E-state index in [1.807, 2.05) is 12.1 Å². The Morgan fingerprint density at radius 2 is 0.885 bits per heavy atom. The summed E-state index contributed by atoms with van der Waals surface area (Å²) in [7, 11) is 2.78. The van der Waals surface area contributed by atoms with E-state index < -0.39 is 42.4 Å². The molecule has 0 saturated carbocycles. The van der Waals surface area contributed by atoms with Crippen molar-refractivity contribution in [3.63, 3.8) is 0 Å². The molecule has 0 aromatic heterocycles. The Bertz CT molecular complexity index is 2600. The first kappa shape index (κ1) is 42.6. The highest BCUT2D eigenvalue weighted by molar-refractivity contribution is 6.33. The third-order valence-electron chi connectivity index (χ3n) is 8.65. The number of benzene rings is 6. The maximum Gasteiger partial charge on any atom is 0.318 e. The average molecular weight is 868 g/mol. The fourth-order valence-corrected chi connectivity index (χ4v) is 6.19. The van der Waals surface area contributed by atoms with E-state index in [-0.39, 0.29) is 34.5 Å². The number of aliphatic imine (C=N–C) groups is 2. The topological polar surface area (TPSA) is 234 Å². The molecule has 0 heterocycles. The van der Waals surface area contributed by atoms with Gasteiger partial charge in [-0.25, -0.2) is 0 Å². The van der Waals surface area contributed by atoms with E-state index >= 15 is 0 Å². The number of nitrogens with zero attached hydrogens (tertiary/aromatic N) is 6. The molecule has 0 bridgehead atoms. The molecule has 0 aliphatic carbocycles. The van der Waals surface area contributed by atoms with Gasteiger partial charge in [-0.15, -0.1) is 0 Å². The van der Waals surface area contributed by atoms with Gasteiger partial charge >= 0.3 is 11.4 Å². The second-order valence-electron chi connectivity index (χ2n) is 12.6. The molecule has 0 aliphatic heterocycles. The summed E-state index contributed by atoms with van der Waals surface area (Å²) in [6, 6.07) is 26.5. The van der Waals surface area contributed by atoms with Crippen molar-refractivity contribution in [2.75, 3.05) is 14.2 Å². The Hall–Kier alpha value is -7.96. The summed E-state index contributed by atoms with van der Waals surface area (Å²) in [4.78, 5) is 51.2. The second kappa shape index (κ2) is 18.7. The van der Waals surface area contributed by atoms with Gasteiger partial charge in [-0.1, -0.05) is 35.3 Å². The van der Waals surface area contributed by atoms with Crippen LogP contribution < -0.4 is 18.9 Å². The Labute approximate surface area is 354 Å². The smallest absolute Gasteiger partial charge is 0.318 e. The molecule has 6 rings (SSSR count). The van der Waals surface area contributed by atoms with Gasteiger partial charge in [0.2, 0.25) is 11.5 Å². The molecule has 61 heavy (non-hydrogen) atoms. The number of rotatable bonds is 16. The number of halogens is 2. The Morgan fingerprint density at radius 3 is 1.23 bits per heavy atom. The van der Waals surface area contributed by atoms with E-state index in [1.165, 1.54) is 26.4 Å². The lowest BCUT2D eigenvalue weighted by Gasteiger charge is -2.11. The van der Waals surface area contributed by atoms with Crippen molar-refractivity contribution >= 4 is 69.8 Å². The molecular weight excluding hydrogens is 839 g/mol. The van der Waals surface area contributed by atoms with Crippen molar-refractivity contribution in [1.29, 1.82) is 0 Å². The maximum atomic E-state index is 11.5. The number of nitro groups is 4. The molecule has 18 nitrogen and oxygen atoms in total. The van der Waals surface area contributed by atoms with Gasteiger partial charge in [-0.2, -0.15) is 0 Å². The Kier molecular flexibility index (Phi) is 13.1. The molecule has 20 heteroatoms. The van der Waals surface area contributed by atoms with Crippen LogP contribution in [0.4, 0.5) is 34.1 Å². The van der Waals surface area contributed by atoms with Gasteiger partial charge in [0, 0.05) is 24.6 Å². The van der Waals surface area contributed by atoms with Gasteiger partial charge in [0.1, 0.15) is 0 Å². The van der Waals surface area contributed by atoms with Gasteiger partial charge in [-0.05, 0) is 101 Å². The molecule has 308 valence electrons. The summed E-state index contributed by atoms with van der Waals surface area (Å²) in [6.07, 6.45) is 3.59. The molecule has 0 unspecified atom stereocenters. The minimum Gasteiger partial charge on any atom is -0.493 e. The standard InChI is InChI=1S/C41H28Cl2N6O12/c1-58-40-18-26(5-11-38(40)60-36-13-7-28(46(50)51)20-34(36)48(54)55)22-44-32-9-3-24(16-30(32)42)15-25-4-10-33(31(43)17-25)45-23-27-6-12-39(41(19-27)59-2)61-37-14-8-29(47(52)53)21-35(37)49(56)57/h3-14,16-23H,15H2,1-2H3. The molecule has 0 amide bonds. The zero-order chi connectivity index (χ0) is 43.8. The largest absolute Gasteiger partial charge is 0.493 e. The summed E-state index contributed by atoms with van der Waals surface area (Å²) in [5.41, 5.74) is 1.86. The number of ether oxygens (including phenoxy) is 4. The lowest BCUT2D eigenvalue weighted by Crippen LogP contribution is -1.97. The first-order chi connectivity index (χ1) is 29.2. The van der Waals surface area contributed by atoms with Crippen molar-refractivity contribution < 1.29 is 38.6 Å². The molecule has 0 aliphatic rings. The van der Waals surface area contributed by atoms with Crippen LogP contribution >= 0.6 is 23.2 Å². The number of methoxy groups -OCH3 is 2. The maximum absolute atomic E-state index is 11.5. The van der Waals surface area contributed by atoms with Gasteiger partial charge in [-0.3, -0.25) is 50.4 Å². The van der Waals surface area contributed by atoms with Crippen LogP contribution in [0.1, 0.15) is 22.3 Å². The number of hydrogen-bond donors (Lipinski definition) is 0. The molecule has 6 aromatic carbocycles. The molecule has 0 N–H and O–H groups in total. The predicted molar refractivity (Wildman–Crippen MR) is 226 cm³/mol. The van der Waals surface area contributed by atoms with Crippen LogP contribution in [0.3, 0.4) is 0 Å². The Balaban J connectivity index is 1.10. The highest BCUT2D eigenvalue weighted by atomic mass is 35.5. The van der Waals surface area contributed by atoms with Crippen LogP contribution in [0.25, 0.3) is 0 Å². The lowest BCUT2D eigenvalue weighted by molar-refractivity contribution is -0.394. The number of hydrogen-bond acceptors (Lipinski definition) is 14. The fourth-order valence-electron chi connectivity index (χ4n) is 5.69. The van der Waals surface area contributed by atoms with Gasteiger partial charge in [0.25, 0.3) is 11.4 Å². The molecule has 0 radical (unpaired) electrons. The molecule has 0 atom stereocenters. The van der Waals surface area contributed by atoms with Crippen molar-refractivity contribution in [3.05, 3.63) is 182 Å². The highest BCUT2D eigenvalue weighted by Crippen LogP contribution is 2.40. The third kappa shape index (κ3) is 10.4. The summed E-state index contributed by atoms with van der Waals surface area (Å²) in [6.45, 7) is 0. The predicted octanol–water partition coefficient (Wildman–Crippen LogP) is 11.3. The molecule has 6 aromatic rings. The van der Waals surface area contributed by atoms with E-state index in [0.717, 1.165) is 47.5 Å². The van der Waals surface area contributed by atoms with Crippen molar-refractivity contribution in [3.8, 4) is 34.5 Å². The minimum atomic E-state index is -0.774. The van der Waals surface area contributed by atoms with E-state index in [1.54, 1.807) is 61.0 Å². The molecule has 0 spiro atoms. The molecule has 0 fully saturated rings. The molecular formula is C41H28Cl2N6O12. The fraction of sp³-hybridized carbons (Fsp3) is 0.0732. The minimum absolute atomic E-state index is 0.137. The highest BCUT2D eigenvalue weighted by Gasteiger charge is 2.24. The zero-order valence-corrected chi connectivity index (χ0v) is 33.1. The van der Waals surface area contributed by atoms with E-state index in [0.29, 0.717) is 39.0 Å². The number of nitro benzene ring substituents is 4. The SMILES string of the molecule is COc1cc(C=Nc2ccc(Cc3ccc(N=Cc4ccc(Oc5ccc([N+](=O)[O-])cc5[N+](=O)[O-])c(OC)c4)c(Cl)c3)cc2Cl)ccc1Oc1ccc([N+](=O)[O-])cc1[N+](=O)[O-]. The average Bonchev–Trinajstić information content (AvgIpc) is 3.23. The zero-order valence-electron chi connectivity index (χ0n) is 31.6. The van der Waals surface area contributed by atoms with Crippen LogP contribution in [-0.2, 0) is 6.42 Å². The monoisotopic (exact) mass is 866 g/mol. The van der Waals surface area contributed by atoms with Crippen LogP contribution in [-0.4, -0.2) is 46.3 Å². The molecule has 0 saturated heterocycles. The van der Waals surface area contributed by atoms with Crippen molar-refractivity contribution in [2.45, 2.75) is 6.42 Å².